The highest BCUT2D eigenvalue weighted by Crippen LogP contribution is 2.31. The van der Waals surface area contributed by atoms with E-state index in [1.165, 1.54) is 17.7 Å². The number of rotatable bonds is 4. The second kappa shape index (κ2) is 4.88. The van der Waals surface area contributed by atoms with E-state index in [-0.39, 0.29) is 0 Å². The van der Waals surface area contributed by atoms with Crippen LogP contribution in [0.15, 0.2) is 24.3 Å². The number of anilines is 1. The van der Waals surface area contributed by atoms with Crippen molar-refractivity contribution in [1.29, 1.82) is 0 Å². The van der Waals surface area contributed by atoms with Gasteiger partial charge in [-0.3, -0.25) is 0 Å². The van der Waals surface area contributed by atoms with Crippen molar-refractivity contribution < 1.29 is 0 Å². The van der Waals surface area contributed by atoms with Gasteiger partial charge in [0.05, 0.1) is 0 Å². The maximum Gasteiger partial charge on any atom is 0.0402 e. The van der Waals surface area contributed by atoms with Crippen LogP contribution in [-0.2, 0) is 6.42 Å². The van der Waals surface area contributed by atoms with Crippen molar-refractivity contribution in [3.63, 3.8) is 0 Å². The van der Waals surface area contributed by atoms with Crippen LogP contribution in [0.4, 0.5) is 5.69 Å². The Hall–Kier alpha value is -1.02. The highest BCUT2D eigenvalue weighted by molar-refractivity contribution is 5.59. The van der Waals surface area contributed by atoms with Gasteiger partial charge >= 0.3 is 0 Å². The largest absolute Gasteiger partial charge is 0.368 e. The van der Waals surface area contributed by atoms with Crippen LogP contribution in [0, 0.1) is 0 Å². The first-order chi connectivity index (χ1) is 7.72. The van der Waals surface area contributed by atoms with Crippen molar-refractivity contribution >= 4 is 5.69 Å². The molecule has 1 aliphatic rings. The summed E-state index contributed by atoms with van der Waals surface area (Å²) in [6.07, 6.45) is 3.34. The fourth-order valence-corrected chi connectivity index (χ4v) is 2.48. The third-order valence-corrected chi connectivity index (χ3v) is 3.61. The van der Waals surface area contributed by atoms with Crippen molar-refractivity contribution in [3.05, 3.63) is 29.8 Å². The summed E-state index contributed by atoms with van der Waals surface area (Å²) in [5, 5.41) is 0. The zero-order valence-corrected chi connectivity index (χ0v) is 10.3. The minimum atomic E-state index is 0.347. The Balaban J connectivity index is 2.04. The summed E-state index contributed by atoms with van der Waals surface area (Å²) in [5.41, 5.74) is 8.89. The molecule has 0 aliphatic carbocycles. The standard InChI is InChI=1S/C14H22N2/c1-3-13(15)8-9-16-11(2)10-12-6-4-5-7-14(12)16/h4-7,11,13H,3,8-10,15H2,1-2H3. The number of benzene rings is 1. The van der Waals surface area contributed by atoms with Crippen LogP contribution in [-0.4, -0.2) is 18.6 Å². The zero-order valence-electron chi connectivity index (χ0n) is 10.3. The van der Waals surface area contributed by atoms with E-state index < -0.39 is 0 Å². The zero-order chi connectivity index (χ0) is 11.5. The molecule has 2 N–H and O–H groups in total. The van der Waals surface area contributed by atoms with Crippen LogP contribution in [0.2, 0.25) is 0 Å². The maximum absolute atomic E-state index is 5.99. The first kappa shape index (κ1) is 11.5. The molecule has 0 bridgehead atoms. The molecule has 1 aliphatic heterocycles. The van der Waals surface area contributed by atoms with E-state index in [1.807, 2.05) is 0 Å². The maximum atomic E-state index is 5.99. The molecule has 2 unspecified atom stereocenters. The molecular weight excluding hydrogens is 196 g/mol. The van der Waals surface area contributed by atoms with Crippen molar-refractivity contribution in [3.8, 4) is 0 Å². The Labute approximate surface area is 98.4 Å². The Kier molecular flexibility index (Phi) is 3.49. The second-order valence-electron chi connectivity index (χ2n) is 4.83. The third kappa shape index (κ3) is 2.22. The van der Waals surface area contributed by atoms with E-state index in [2.05, 4.69) is 43.0 Å². The fraction of sp³-hybridized carbons (Fsp3) is 0.571. The molecule has 88 valence electrons. The van der Waals surface area contributed by atoms with E-state index in [9.17, 15) is 0 Å². The van der Waals surface area contributed by atoms with Crippen LogP contribution in [0.25, 0.3) is 0 Å². The summed E-state index contributed by atoms with van der Waals surface area (Å²) in [6, 6.07) is 9.71. The lowest BCUT2D eigenvalue weighted by Crippen LogP contribution is -2.34. The first-order valence-electron chi connectivity index (χ1n) is 6.32. The van der Waals surface area contributed by atoms with Crippen molar-refractivity contribution in [2.24, 2.45) is 5.73 Å². The highest BCUT2D eigenvalue weighted by Gasteiger charge is 2.24. The summed E-state index contributed by atoms with van der Waals surface area (Å²) in [5.74, 6) is 0. The molecule has 16 heavy (non-hydrogen) atoms. The Morgan fingerprint density at radius 1 is 1.44 bits per heavy atom. The van der Waals surface area contributed by atoms with E-state index in [4.69, 9.17) is 5.73 Å². The third-order valence-electron chi connectivity index (χ3n) is 3.61. The summed E-state index contributed by atoms with van der Waals surface area (Å²) < 4.78 is 0. The summed E-state index contributed by atoms with van der Waals surface area (Å²) >= 11 is 0. The molecule has 1 heterocycles. The lowest BCUT2D eigenvalue weighted by Gasteiger charge is -2.26. The molecule has 0 aromatic heterocycles. The highest BCUT2D eigenvalue weighted by atomic mass is 15.2. The van der Waals surface area contributed by atoms with Gasteiger partial charge in [0.1, 0.15) is 0 Å². The molecule has 2 atom stereocenters. The molecular formula is C14H22N2. The van der Waals surface area contributed by atoms with Gasteiger partial charge in [0.2, 0.25) is 0 Å². The minimum Gasteiger partial charge on any atom is -0.368 e. The number of hydrogen-bond acceptors (Lipinski definition) is 2. The van der Waals surface area contributed by atoms with E-state index in [0.29, 0.717) is 12.1 Å². The fourth-order valence-electron chi connectivity index (χ4n) is 2.48. The topological polar surface area (TPSA) is 29.3 Å². The minimum absolute atomic E-state index is 0.347. The number of hydrogen-bond donors (Lipinski definition) is 1. The van der Waals surface area contributed by atoms with Gasteiger partial charge in [0, 0.05) is 24.3 Å². The molecule has 2 nitrogen and oxygen atoms in total. The van der Waals surface area contributed by atoms with Crippen LogP contribution >= 0.6 is 0 Å². The smallest absolute Gasteiger partial charge is 0.0402 e. The summed E-state index contributed by atoms with van der Waals surface area (Å²) in [7, 11) is 0. The first-order valence-corrected chi connectivity index (χ1v) is 6.32. The van der Waals surface area contributed by atoms with E-state index >= 15 is 0 Å². The average molecular weight is 218 g/mol. The number of nitrogens with two attached hydrogens (primary N) is 1. The second-order valence-corrected chi connectivity index (χ2v) is 4.83. The number of para-hydroxylation sites is 1. The predicted molar refractivity (Wildman–Crippen MR) is 69.8 cm³/mol. The molecule has 2 rings (SSSR count). The van der Waals surface area contributed by atoms with Gasteiger partial charge in [-0.25, -0.2) is 0 Å². The molecule has 1 aromatic carbocycles. The van der Waals surface area contributed by atoms with Gasteiger partial charge in [-0.1, -0.05) is 25.1 Å². The van der Waals surface area contributed by atoms with Gasteiger partial charge in [-0.15, -0.1) is 0 Å². The molecule has 0 amide bonds. The molecule has 0 fully saturated rings. The van der Waals surface area contributed by atoms with Gasteiger partial charge < -0.3 is 10.6 Å². The van der Waals surface area contributed by atoms with Crippen LogP contribution in [0.1, 0.15) is 32.3 Å². The van der Waals surface area contributed by atoms with Crippen LogP contribution in [0.5, 0.6) is 0 Å². The molecule has 0 saturated heterocycles. The van der Waals surface area contributed by atoms with Crippen molar-refractivity contribution in [1.82, 2.24) is 0 Å². The van der Waals surface area contributed by atoms with Crippen molar-refractivity contribution in [2.75, 3.05) is 11.4 Å². The SMILES string of the molecule is CCC(N)CCN1c2ccccc2CC1C. The summed E-state index contributed by atoms with van der Waals surface area (Å²) in [6.45, 7) is 5.55. The molecule has 2 heteroatoms. The van der Waals surface area contributed by atoms with Gasteiger partial charge in [-0.2, -0.15) is 0 Å². The average Bonchev–Trinajstić information content (AvgIpc) is 2.62. The van der Waals surface area contributed by atoms with Gasteiger partial charge in [0.25, 0.3) is 0 Å². The number of fused-ring (bicyclic) bond motifs is 1. The normalized spacial score (nSPS) is 20.9. The van der Waals surface area contributed by atoms with Crippen LogP contribution < -0.4 is 10.6 Å². The Bertz CT molecular complexity index is 348. The molecule has 0 spiro atoms. The summed E-state index contributed by atoms with van der Waals surface area (Å²) in [4.78, 5) is 2.50. The van der Waals surface area contributed by atoms with E-state index in [0.717, 1.165) is 19.4 Å². The van der Waals surface area contributed by atoms with Crippen molar-refractivity contribution in [2.45, 2.75) is 45.2 Å². The molecule has 1 aromatic rings. The monoisotopic (exact) mass is 218 g/mol. The molecule has 0 radical (unpaired) electrons. The van der Waals surface area contributed by atoms with Gasteiger partial charge in [0.15, 0.2) is 0 Å². The lowest BCUT2D eigenvalue weighted by atomic mass is 10.1. The quantitative estimate of drug-likeness (QED) is 0.841. The lowest BCUT2D eigenvalue weighted by molar-refractivity contribution is 0.562. The van der Waals surface area contributed by atoms with Crippen LogP contribution in [0.3, 0.4) is 0 Å². The Morgan fingerprint density at radius 3 is 2.94 bits per heavy atom. The predicted octanol–water partition coefficient (Wildman–Crippen LogP) is 2.57. The van der Waals surface area contributed by atoms with E-state index in [1.54, 1.807) is 0 Å². The number of nitrogens with zero attached hydrogens (tertiary/aromatic N) is 1. The van der Waals surface area contributed by atoms with Gasteiger partial charge in [-0.05, 0) is 37.8 Å². The Morgan fingerprint density at radius 2 is 2.19 bits per heavy atom. The molecule has 0 saturated carbocycles.